The Morgan fingerprint density at radius 1 is 1.05 bits per heavy atom. The number of hydrogen-bond donors (Lipinski definition) is 1. The van der Waals surface area contributed by atoms with Crippen LogP contribution in [0.1, 0.15) is 50.9 Å². The summed E-state index contributed by atoms with van der Waals surface area (Å²) in [5.74, 6) is 1.45. The van der Waals surface area contributed by atoms with Crippen LogP contribution < -0.4 is 5.32 Å². The van der Waals surface area contributed by atoms with Gasteiger partial charge < -0.3 is 10.2 Å². The average molecular weight is 289 g/mol. The Balaban J connectivity index is 1.58. The molecule has 0 amide bonds. The van der Waals surface area contributed by atoms with Crippen molar-refractivity contribution in [3.63, 3.8) is 0 Å². The fraction of sp³-hybridized carbons (Fsp3) is 0.812. The van der Waals surface area contributed by atoms with E-state index in [4.69, 9.17) is 0 Å². The van der Waals surface area contributed by atoms with Crippen molar-refractivity contribution in [3.8, 4) is 0 Å². The quantitative estimate of drug-likeness (QED) is 0.901. The third kappa shape index (κ3) is 3.03. The number of nitrogens with one attached hydrogen (secondary N) is 1. The van der Waals surface area contributed by atoms with Crippen molar-refractivity contribution in [1.29, 1.82) is 0 Å². The maximum atomic E-state index is 4.62. The Morgan fingerprint density at radius 3 is 2.33 bits per heavy atom. The van der Waals surface area contributed by atoms with Crippen LogP contribution in [0.4, 0.5) is 5.95 Å². The van der Waals surface area contributed by atoms with Gasteiger partial charge >= 0.3 is 0 Å². The zero-order valence-corrected chi connectivity index (χ0v) is 13.5. The molecule has 2 bridgehead atoms. The Bertz CT molecular complexity index is 476. The zero-order valence-electron chi connectivity index (χ0n) is 13.5. The highest BCUT2D eigenvalue weighted by Gasteiger charge is 2.38. The summed E-state index contributed by atoms with van der Waals surface area (Å²) >= 11 is 0. The standard InChI is InChI=1S/C16H27N5/c1-4-14-15(5-2)19-20-16(18-14)17-10-11-8-12-6-7-13(9-11)21(12)3/h11-13H,4-10H2,1-3H3,(H,17,18,20). The molecule has 3 rings (SSSR count). The molecule has 5 nitrogen and oxygen atoms in total. The van der Waals surface area contributed by atoms with Gasteiger partial charge in [-0.15, -0.1) is 5.10 Å². The Hall–Kier alpha value is -1.23. The van der Waals surface area contributed by atoms with Crippen LogP contribution in [-0.2, 0) is 12.8 Å². The summed E-state index contributed by atoms with van der Waals surface area (Å²) in [4.78, 5) is 7.20. The molecule has 2 saturated heterocycles. The van der Waals surface area contributed by atoms with Gasteiger partial charge in [0.15, 0.2) is 0 Å². The van der Waals surface area contributed by atoms with Crippen molar-refractivity contribution in [3.05, 3.63) is 11.4 Å². The molecule has 2 unspecified atom stereocenters. The molecule has 0 aliphatic carbocycles. The molecule has 1 aromatic heterocycles. The predicted molar refractivity (Wildman–Crippen MR) is 84.4 cm³/mol. The summed E-state index contributed by atoms with van der Waals surface area (Å²) in [5.41, 5.74) is 2.11. The van der Waals surface area contributed by atoms with Gasteiger partial charge in [-0.25, -0.2) is 4.98 Å². The molecule has 2 aliphatic heterocycles. The largest absolute Gasteiger partial charge is 0.353 e. The second kappa shape index (κ2) is 6.26. The van der Waals surface area contributed by atoms with Crippen molar-refractivity contribution in [2.75, 3.05) is 18.9 Å². The van der Waals surface area contributed by atoms with E-state index in [1.165, 1.54) is 25.7 Å². The molecule has 3 heterocycles. The van der Waals surface area contributed by atoms with Crippen molar-refractivity contribution >= 4 is 5.95 Å². The van der Waals surface area contributed by atoms with E-state index >= 15 is 0 Å². The maximum Gasteiger partial charge on any atom is 0.242 e. The molecule has 116 valence electrons. The molecule has 5 heteroatoms. The lowest BCUT2D eigenvalue weighted by atomic mass is 9.91. The number of fused-ring (bicyclic) bond motifs is 2. The summed E-state index contributed by atoms with van der Waals surface area (Å²) in [5, 5.41) is 12.0. The highest BCUT2D eigenvalue weighted by atomic mass is 15.2. The Labute approximate surface area is 127 Å². The average Bonchev–Trinajstić information content (AvgIpc) is 2.74. The van der Waals surface area contributed by atoms with Gasteiger partial charge in [0.05, 0.1) is 11.4 Å². The van der Waals surface area contributed by atoms with Crippen molar-refractivity contribution in [2.45, 2.75) is 64.5 Å². The van der Waals surface area contributed by atoms with Gasteiger partial charge in [0.2, 0.25) is 5.95 Å². The van der Waals surface area contributed by atoms with Crippen LogP contribution in [0.3, 0.4) is 0 Å². The second-order valence-corrected chi connectivity index (χ2v) is 6.50. The number of anilines is 1. The number of hydrogen-bond acceptors (Lipinski definition) is 5. The lowest BCUT2D eigenvalue weighted by Crippen LogP contribution is -2.41. The molecule has 0 saturated carbocycles. The molecule has 21 heavy (non-hydrogen) atoms. The van der Waals surface area contributed by atoms with Gasteiger partial charge in [0.1, 0.15) is 0 Å². The van der Waals surface area contributed by atoms with Crippen LogP contribution in [-0.4, -0.2) is 45.8 Å². The van der Waals surface area contributed by atoms with E-state index in [0.717, 1.165) is 48.8 Å². The topological polar surface area (TPSA) is 53.9 Å². The van der Waals surface area contributed by atoms with Gasteiger partial charge in [0, 0.05) is 18.6 Å². The minimum absolute atomic E-state index is 0.704. The number of aromatic nitrogens is 3. The van der Waals surface area contributed by atoms with Gasteiger partial charge in [0.25, 0.3) is 0 Å². The normalized spacial score (nSPS) is 28.8. The number of aryl methyl sites for hydroxylation is 2. The van der Waals surface area contributed by atoms with Crippen molar-refractivity contribution in [2.24, 2.45) is 5.92 Å². The monoisotopic (exact) mass is 289 g/mol. The fourth-order valence-electron chi connectivity index (χ4n) is 3.94. The summed E-state index contributed by atoms with van der Waals surface area (Å²) in [7, 11) is 2.29. The minimum atomic E-state index is 0.704. The van der Waals surface area contributed by atoms with Gasteiger partial charge in [-0.2, -0.15) is 5.10 Å². The number of nitrogens with zero attached hydrogens (tertiary/aromatic N) is 4. The third-order valence-electron chi connectivity index (χ3n) is 5.25. The van der Waals surface area contributed by atoms with E-state index in [1.807, 2.05) is 0 Å². The first kappa shape index (κ1) is 14.7. The highest BCUT2D eigenvalue weighted by molar-refractivity contribution is 5.26. The molecule has 2 atom stereocenters. The molecule has 0 spiro atoms. The van der Waals surface area contributed by atoms with Crippen molar-refractivity contribution < 1.29 is 0 Å². The summed E-state index contributed by atoms with van der Waals surface area (Å²) in [6, 6.07) is 1.59. The van der Waals surface area contributed by atoms with Crippen LogP contribution >= 0.6 is 0 Å². The van der Waals surface area contributed by atoms with Crippen LogP contribution in [0.15, 0.2) is 0 Å². The van der Waals surface area contributed by atoms with E-state index in [2.05, 4.69) is 46.3 Å². The van der Waals surface area contributed by atoms with E-state index in [0.29, 0.717) is 5.95 Å². The van der Waals surface area contributed by atoms with E-state index in [-0.39, 0.29) is 0 Å². The first-order chi connectivity index (χ1) is 10.2. The third-order valence-corrected chi connectivity index (χ3v) is 5.25. The van der Waals surface area contributed by atoms with Crippen LogP contribution in [0.2, 0.25) is 0 Å². The Kier molecular flexibility index (Phi) is 4.38. The van der Waals surface area contributed by atoms with Crippen molar-refractivity contribution in [1.82, 2.24) is 20.1 Å². The molecular weight excluding hydrogens is 262 g/mol. The summed E-state index contributed by atoms with van der Waals surface area (Å²) < 4.78 is 0. The summed E-state index contributed by atoms with van der Waals surface area (Å²) in [6.45, 7) is 5.21. The van der Waals surface area contributed by atoms with E-state index in [1.54, 1.807) is 0 Å². The Morgan fingerprint density at radius 2 is 1.71 bits per heavy atom. The first-order valence-electron chi connectivity index (χ1n) is 8.39. The molecular formula is C16H27N5. The zero-order chi connectivity index (χ0) is 14.8. The maximum absolute atomic E-state index is 4.62. The first-order valence-corrected chi connectivity index (χ1v) is 8.39. The number of rotatable bonds is 5. The summed E-state index contributed by atoms with van der Waals surface area (Å²) in [6.07, 6.45) is 7.19. The van der Waals surface area contributed by atoms with Crippen LogP contribution in [0, 0.1) is 5.92 Å². The fourth-order valence-corrected chi connectivity index (χ4v) is 3.94. The van der Waals surface area contributed by atoms with Gasteiger partial charge in [-0.05, 0) is 51.5 Å². The minimum Gasteiger partial charge on any atom is -0.353 e. The van der Waals surface area contributed by atoms with Crippen LogP contribution in [0.25, 0.3) is 0 Å². The molecule has 0 aromatic carbocycles. The lowest BCUT2D eigenvalue weighted by Gasteiger charge is -2.36. The van der Waals surface area contributed by atoms with Gasteiger partial charge in [-0.1, -0.05) is 13.8 Å². The van der Waals surface area contributed by atoms with E-state index < -0.39 is 0 Å². The SMILES string of the molecule is CCc1nnc(NCC2CC3CCC(C2)N3C)nc1CC. The molecule has 2 aliphatic rings. The molecule has 2 fully saturated rings. The lowest BCUT2D eigenvalue weighted by molar-refractivity contribution is 0.139. The predicted octanol–water partition coefficient (Wildman–Crippen LogP) is 2.28. The van der Waals surface area contributed by atoms with Gasteiger partial charge in [-0.3, -0.25) is 0 Å². The van der Waals surface area contributed by atoms with E-state index in [9.17, 15) is 0 Å². The second-order valence-electron chi connectivity index (χ2n) is 6.50. The van der Waals surface area contributed by atoms with Crippen LogP contribution in [0.5, 0.6) is 0 Å². The smallest absolute Gasteiger partial charge is 0.242 e. The number of piperidine rings is 1. The highest BCUT2D eigenvalue weighted by Crippen LogP contribution is 2.37. The molecule has 1 aromatic rings. The molecule has 0 radical (unpaired) electrons. The molecule has 1 N–H and O–H groups in total.